The van der Waals surface area contributed by atoms with Gasteiger partial charge in [-0.1, -0.05) is 23.9 Å². The Labute approximate surface area is 223 Å². The van der Waals surface area contributed by atoms with Crippen molar-refractivity contribution in [2.24, 2.45) is 4.99 Å². The van der Waals surface area contributed by atoms with E-state index >= 15 is 0 Å². The number of amidine groups is 1. The first-order chi connectivity index (χ1) is 18.0. The molecule has 1 fully saturated rings. The lowest BCUT2D eigenvalue weighted by Gasteiger charge is -2.15. The number of hydrogen-bond acceptors (Lipinski definition) is 8. The van der Waals surface area contributed by atoms with Crippen LogP contribution in [0.3, 0.4) is 0 Å². The molecular weight excluding hydrogens is 510 g/mol. The molecule has 192 valence electrons. The third-order valence-electron chi connectivity index (χ3n) is 5.32. The molecule has 10 heteroatoms. The highest BCUT2D eigenvalue weighted by Gasteiger charge is 2.39. The number of benzene rings is 2. The summed E-state index contributed by atoms with van der Waals surface area (Å²) in [5, 5.41) is 4.72. The van der Waals surface area contributed by atoms with Crippen molar-refractivity contribution in [2.45, 2.75) is 32.1 Å². The number of amides is 2. The number of carbonyl (C=O) groups excluding carboxylic acids is 3. The van der Waals surface area contributed by atoms with Crippen LogP contribution >= 0.6 is 23.1 Å². The molecule has 2 amide bonds. The second kappa shape index (κ2) is 12.6. The third kappa shape index (κ3) is 6.99. The summed E-state index contributed by atoms with van der Waals surface area (Å²) in [4.78, 5) is 45.4. The predicted molar refractivity (Wildman–Crippen MR) is 147 cm³/mol. The van der Waals surface area contributed by atoms with E-state index in [0.29, 0.717) is 47.6 Å². The van der Waals surface area contributed by atoms with Crippen molar-refractivity contribution in [3.8, 4) is 5.75 Å². The molecule has 3 aromatic rings. The number of thiophene rings is 1. The zero-order valence-corrected chi connectivity index (χ0v) is 22.1. The lowest BCUT2D eigenvalue weighted by Crippen LogP contribution is -2.32. The van der Waals surface area contributed by atoms with Gasteiger partial charge in [0.1, 0.15) is 11.0 Å². The van der Waals surface area contributed by atoms with Crippen molar-refractivity contribution in [3.05, 3.63) is 76.5 Å². The number of rotatable bonds is 10. The van der Waals surface area contributed by atoms with E-state index in [0.717, 1.165) is 4.88 Å². The maximum Gasteiger partial charge on any atom is 0.338 e. The molecule has 0 bridgehead atoms. The van der Waals surface area contributed by atoms with Gasteiger partial charge in [-0.25, -0.2) is 9.79 Å². The lowest BCUT2D eigenvalue weighted by atomic mass is 10.2. The highest BCUT2D eigenvalue weighted by atomic mass is 32.2. The van der Waals surface area contributed by atoms with Crippen molar-refractivity contribution in [2.75, 3.05) is 18.5 Å². The summed E-state index contributed by atoms with van der Waals surface area (Å²) in [6.07, 6.45) is 0.00409. The molecule has 0 spiro atoms. The largest absolute Gasteiger partial charge is 0.494 e. The van der Waals surface area contributed by atoms with Gasteiger partial charge in [0.2, 0.25) is 11.8 Å². The molecule has 1 aliphatic heterocycles. The van der Waals surface area contributed by atoms with Gasteiger partial charge in [0.05, 0.1) is 31.0 Å². The Morgan fingerprint density at radius 3 is 2.57 bits per heavy atom. The van der Waals surface area contributed by atoms with E-state index in [-0.39, 0.29) is 18.2 Å². The lowest BCUT2D eigenvalue weighted by molar-refractivity contribution is -0.128. The van der Waals surface area contributed by atoms with Crippen LogP contribution in [0.25, 0.3) is 0 Å². The first-order valence-electron chi connectivity index (χ1n) is 11.9. The topological polar surface area (TPSA) is 97.3 Å². The van der Waals surface area contributed by atoms with Crippen LogP contribution in [0.4, 0.5) is 11.4 Å². The fourth-order valence-electron chi connectivity index (χ4n) is 3.64. The molecule has 1 saturated heterocycles. The van der Waals surface area contributed by atoms with Gasteiger partial charge in [0.25, 0.3) is 0 Å². The van der Waals surface area contributed by atoms with Crippen molar-refractivity contribution in [1.82, 2.24) is 4.90 Å². The zero-order valence-electron chi connectivity index (χ0n) is 20.5. The molecule has 1 N–H and O–H groups in total. The molecule has 0 radical (unpaired) electrons. The van der Waals surface area contributed by atoms with Gasteiger partial charge < -0.3 is 14.8 Å². The summed E-state index contributed by atoms with van der Waals surface area (Å²) in [6, 6.07) is 17.7. The summed E-state index contributed by atoms with van der Waals surface area (Å²) < 4.78 is 10.5. The average Bonchev–Trinajstić information content (AvgIpc) is 3.49. The SMILES string of the molecule is CCOC(=O)c1ccc(N=C2S[C@H](CC(=O)Nc3cccc(OCC)c3)C(=O)N2Cc2cccs2)cc1. The number of esters is 1. The Hall–Kier alpha value is -3.63. The Morgan fingerprint density at radius 2 is 1.86 bits per heavy atom. The van der Waals surface area contributed by atoms with Crippen LogP contribution in [-0.2, 0) is 20.9 Å². The zero-order chi connectivity index (χ0) is 26.2. The Balaban J connectivity index is 1.50. The minimum atomic E-state index is -0.604. The molecule has 0 aliphatic carbocycles. The second-order valence-corrected chi connectivity index (χ2v) is 10.2. The minimum Gasteiger partial charge on any atom is -0.494 e. The number of anilines is 1. The van der Waals surface area contributed by atoms with Crippen LogP contribution < -0.4 is 10.1 Å². The van der Waals surface area contributed by atoms with Crippen molar-refractivity contribution in [1.29, 1.82) is 0 Å². The van der Waals surface area contributed by atoms with E-state index in [9.17, 15) is 14.4 Å². The molecule has 1 aliphatic rings. The number of carbonyl (C=O) groups is 3. The summed E-state index contributed by atoms with van der Waals surface area (Å²) in [5.74, 6) is -0.171. The maximum atomic E-state index is 13.3. The first kappa shape index (κ1) is 26.4. The van der Waals surface area contributed by atoms with Gasteiger partial charge >= 0.3 is 5.97 Å². The molecule has 37 heavy (non-hydrogen) atoms. The summed E-state index contributed by atoms with van der Waals surface area (Å²) in [7, 11) is 0. The van der Waals surface area contributed by atoms with Gasteiger partial charge in [0.15, 0.2) is 5.17 Å². The van der Waals surface area contributed by atoms with Crippen molar-refractivity contribution in [3.63, 3.8) is 0 Å². The highest BCUT2D eigenvalue weighted by Crippen LogP contribution is 2.34. The third-order valence-corrected chi connectivity index (χ3v) is 7.35. The molecular formula is C27H27N3O5S2. The maximum absolute atomic E-state index is 13.3. The van der Waals surface area contributed by atoms with Gasteiger partial charge in [-0.2, -0.15) is 0 Å². The van der Waals surface area contributed by atoms with E-state index in [1.54, 1.807) is 65.6 Å². The van der Waals surface area contributed by atoms with Crippen LogP contribution in [0.2, 0.25) is 0 Å². The van der Waals surface area contributed by atoms with E-state index in [1.165, 1.54) is 11.8 Å². The Morgan fingerprint density at radius 1 is 1.05 bits per heavy atom. The van der Waals surface area contributed by atoms with Crippen LogP contribution in [-0.4, -0.2) is 46.3 Å². The summed E-state index contributed by atoms with van der Waals surface area (Å²) in [6.45, 7) is 4.84. The molecule has 2 heterocycles. The highest BCUT2D eigenvalue weighted by molar-refractivity contribution is 8.15. The van der Waals surface area contributed by atoms with E-state index in [2.05, 4.69) is 10.3 Å². The number of nitrogens with one attached hydrogen (secondary N) is 1. The van der Waals surface area contributed by atoms with E-state index in [1.807, 2.05) is 30.5 Å². The van der Waals surface area contributed by atoms with Crippen molar-refractivity contribution >= 4 is 57.4 Å². The fraction of sp³-hybridized carbons (Fsp3) is 0.259. The van der Waals surface area contributed by atoms with Crippen LogP contribution in [0.15, 0.2) is 71.0 Å². The Kier molecular flexibility index (Phi) is 8.97. The predicted octanol–water partition coefficient (Wildman–Crippen LogP) is 5.48. The van der Waals surface area contributed by atoms with Gasteiger partial charge in [0, 0.05) is 23.1 Å². The standard InChI is InChI=1S/C27H27N3O5S2/c1-3-34-21-8-5-7-20(15-21)28-24(31)16-23-25(32)30(17-22-9-6-14-36-22)27(37-23)29-19-12-10-18(11-13-19)26(33)35-4-2/h5-15,23H,3-4,16-17H2,1-2H3,(H,28,31)/t23-/m1/s1. The molecule has 1 atom stereocenters. The smallest absolute Gasteiger partial charge is 0.338 e. The average molecular weight is 538 g/mol. The molecule has 4 rings (SSSR count). The number of thioether (sulfide) groups is 1. The molecule has 0 saturated carbocycles. The van der Waals surface area contributed by atoms with Crippen LogP contribution in [0.1, 0.15) is 35.5 Å². The molecule has 0 unspecified atom stereocenters. The number of hydrogen-bond donors (Lipinski definition) is 1. The number of ether oxygens (including phenoxy) is 2. The van der Waals surface area contributed by atoms with Gasteiger partial charge in [-0.05, 0) is 61.7 Å². The molecule has 8 nitrogen and oxygen atoms in total. The van der Waals surface area contributed by atoms with Crippen molar-refractivity contribution < 1.29 is 23.9 Å². The molecule has 1 aromatic heterocycles. The quantitative estimate of drug-likeness (QED) is 0.344. The van der Waals surface area contributed by atoms with Crippen LogP contribution in [0.5, 0.6) is 5.75 Å². The van der Waals surface area contributed by atoms with E-state index in [4.69, 9.17) is 9.47 Å². The monoisotopic (exact) mass is 537 g/mol. The number of aliphatic imine (C=N–C) groups is 1. The molecule has 2 aromatic carbocycles. The van der Waals surface area contributed by atoms with Gasteiger partial charge in [-0.15, -0.1) is 11.3 Å². The first-order valence-corrected chi connectivity index (χ1v) is 13.6. The normalized spacial score (nSPS) is 16.2. The summed E-state index contributed by atoms with van der Waals surface area (Å²) >= 11 is 2.82. The second-order valence-electron chi connectivity index (χ2n) is 7.99. The van der Waals surface area contributed by atoms with Gasteiger partial charge in [-0.3, -0.25) is 14.5 Å². The minimum absolute atomic E-state index is 0.00409. The summed E-state index contributed by atoms with van der Waals surface area (Å²) in [5.41, 5.74) is 1.63. The Bertz CT molecular complexity index is 1280. The fourth-order valence-corrected chi connectivity index (χ4v) is 5.49. The number of nitrogens with zero attached hydrogens (tertiary/aromatic N) is 2. The van der Waals surface area contributed by atoms with E-state index < -0.39 is 11.2 Å². The van der Waals surface area contributed by atoms with Crippen LogP contribution in [0, 0.1) is 0 Å².